The third-order valence-electron chi connectivity index (χ3n) is 3.78. The summed E-state index contributed by atoms with van der Waals surface area (Å²) in [6.45, 7) is 6.56. The number of hydrogen-bond acceptors (Lipinski definition) is 7. The molecule has 0 fully saturated rings. The zero-order valence-corrected chi connectivity index (χ0v) is 15.7. The van der Waals surface area contributed by atoms with Gasteiger partial charge in [-0.15, -0.1) is 16.9 Å². The summed E-state index contributed by atoms with van der Waals surface area (Å²) >= 11 is 1.84. The molecule has 0 radical (unpaired) electrons. The van der Waals surface area contributed by atoms with E-state index in [0.717, 1.165) is 22.6 Å². The van der Waals surface area contributed by atoms with E-state index >= 15 is 0 Å². The lowest BCUT2D eigenvalue weighted by Gasteiger charge is -2.19. The number of aryl methyl sites for hydroxylation is 1. The Morgan fingerprint density at radius 3 is 2.60 bits per heavy atom. The Bertz CT molecular complexity index is 776. The Kier molecular flexibility index (Phi) is 5.24. The van der Waals surface area contributed by atoms with Crippen molar-refractivity contribution in [2.24, 2.45) is 10.8 Å². The molecule has 25 heavy (non-hydrogen) atoms. The zero-order chi connectivity index (χ0) is 18.0. The van der Waals surface area contributed by atoms with Crippen LogP contribution in [0, 0.1) is 6.92 Å². The molecular formula is C18H23N5OS. The van der Waals surface area contributed by atoms with Crippen molar-refractivity contribution < 1.29 is 4.74 Å². The summed E-state index contributed by atoms with van der Waals surface area (Å²) in [4.78, 5) is 10.5. The summed E-state index contributed by atoms with van der Waals surface area (Å²) in [5.74, 6) is 0.508. The molecule has 0 saturated carbocycles. The maximum atomic E-state index is 5.79. The monoisotopic (exact) mass is 357 g/mol. The summed E-state index contributed by atoms with van der Waals surface area (Å²) in [5, 5.41) is 6.57. The molecule has 0 amide bonds. The van der Waals surface area contributed by atoms with Crippen LogP contribution in [0.3, 0.4) is 0 Å². The molecule has 132 valence electrons. The molecule has 1 aromatic heterocycles. The molecule has 2 heterocycles. The number of aromatic nitrogens is 2. The average Bonchev–Trinajstić information content (AvgIpc) is 2.96. The Hall–Kier alpha value is -2.12. The van der Waals surface area contributed by atoms with Crippen LogP contribution in [0.2, 0.25) is 0 Å². The van der Waals surface area contributed by atoms with Gasteiger partial charge in [-0.05, 0) is 19.1 Å². The van der Waals surface area contributed by atoms with Crippen LogP contribution in [0.25, 0.3) is 11.3 Å². The highest BCUT2D eigenvalue weighted by Crippen LogP contribution is 2.30. The van der Waals surface area contributed by atoms with Gasteiger partial charge in [-0.2, -0.15) is 0 Å². The van der Waals surface area contributed by atoms with E-state index in [4.69, 9.17) is 15.5 Å². The highest BCUT2D eigenvalue weighted by molar-refractivity contribution is 7.99. The highest BCUT2D eigenvalue weighted by Gasteiger charge is 2.29. The number of nitrogens with zero attached hydrogens (tertiary/aromatic N) is 4. The van der Waals surface area contributed by atoms with E-state index < -0.39 is 0 Å². The van der Waals surface area contributed by atoms with Crippen LogP contribution < -0.4 is 5.73 Å². The first-order valence-corrected chi connectivity index (χ1v) is 9.13. The van der Waals surface area contributed by atoms with Gasteiger partial charge >= 0.3 is 0 Å². The lowest BCUT2D eigenvalue weighted by atomic mass is 10.1. The van der Waals surface area contributed by atoms with Crippen molar-refractivity contribution in [3.8, 4) is 11.3 Å². The van der Waals surface area contributed by atoms with E-state index in [0.29, 0.717) is 11.1 Å². The van der Waals surface area contributed by atoms with Crippen LogP contribution in [-0.2, 0) is 4.74 Å². The Morgan fingerprint density at radius 2 is 2.00 bits per heavy atom. The minimum absolute atomic E-state index is 0.266. The number of hydrogen-bond donors (Lipinski definition) is 1. The fraction of sp³-hybridized carbons (Fsp3) is 0.389. The van der Waals surface area contributed by atoms with Crippen LogP contribution in [0.5, 0.6) is 0 Å². The van der Waals surface area contributed by atoms with Crippen LogP contribution in [0.15, 0.2) is 40.5 Å². The standard InChI is InChI=1S/C18H23N5OS/c1-11(2)25-14-7-5-13(6-8-14)15-10-20-12(3)17(21-15)18-23(4)22-16(9-19)24-18/h5-8,10-11,18H,9,19H2,1-4H3. The molecule has 0 spiro atoms. The van der Waals surface area contributed by atoms with Gasteiger partial charge in [0.2, 0.25) is 12.1 Å². The van der Waals surface area contributed by atoms with E-state index in [-0.39, 0.29) is 12.8 Å². The molecule has 6 nitrogen and oxygen atoms in total. The number of nitrogens with two attached hydrogens (primary N) is 1. The molecule has 0 bridgehead atoms. The van der Waals surface area contributed by atoms with Crippen molar-refractivity contribution >= 4 is 17.7 Å². The molecule has 1 aliphatic heterocycles. The Labute approximate surface area is 152 Å². The Morgan fingerprint density at radius 1 is 1.28 bits per heavy atom. The van der Waals surface area contributed by atoms with Gasteiger partial charge in [0.1, 0.15) is 5.69 Å². The molecule has 0 saturated heterocycles. The van der Waals surface area contributed by atoms with Crippen molar-refractivity contribution in [2.45, 2.75) is 37.1 Å². The highest BCUT2D eigenvalue weighted by atomic mass is 32.2. The van der Waals surface area contributed by atoms with Gasteiger partial charge in [-0.25, -0.2) is 4.98 Å². The first kappa shape index (κ1) is 17.7. The molecule has 2 N–H and O–H groups in total. The van der Waals surface area contributed by atoms with Gasteiger partial charge in [-0.1, -0.05) is 26.0 Å². The average molecular weight is 357 g/mol. The summed E-state index contributed by atoms with van der Waals surface area (Å²) in [5.41, 5.74) is 9.05. The normalized spacial score (nSPS) is 17.0. The lowest BCUT2D eigenvalue weighted by Crippen LogP contribution is -2.20. The first-order chi connectivity index (χ1) is 12.0. The fourth-order valence-electron chi connectivity index (χ4n) is 2.59. The molecule has 0 aliphatic carbocycles. The zero-order valence-electron chi connectivity index (χ0n) is 14.9. The van der Waals surface area contributed by atoms with Crippen LogP contribution in [0.1, 0.15) is 31.5 Å². The van der Waals surface area contributed by atoms with Gasteiger partial charge in [0, 0.05) is 22.8 Å². The number of rotatable bonds is 5. The summed E-state index contributed by atoms with van der Waals surface area (Å²) < 4.78 is 5.79. The molecule has 7 heteroatoms. The van der Waals surface area contributed by atoms with E-state index in [1.165, 1.54) is 4.90 Å². The fourth-order valence-corrected chi connectivity index (χ4v) is 3.43. The number of hydrazone groups is 1. The predicted octanol–water partition coefficient (Wildman–Crippen LogP) is 3.19. The van der Waals surface area contributed by atoms with Crippen molar-refractivity contribution in [2.75, 3.05) is 13.6 Å². The Balaban J connectivity index is 1.87. The van der Waals surface area contributed by atoms with Crippen molar-refractivity contribution in [1.29, 1.82) is 0 Å². The molecule has 2 aromatic rings. The summed E-state index contributed by atoms with van der Waals surface area (Å²) in [6, 6.07) is 8.40. The maximum absolute atomic E-state index is 5.79. The van der Waals surface area contributed by atoms with Crippen LogP contribution in [0.4, 0.5) is 0 Å². The van der Waals surface area contributed by atoms with Crippen molar-refractivity contribution in [1.82, 2.24) is 15.0 Å². The van der Waals surface area contributed by atoms with E-state index in [1.54, 1.807) is 11.2 Å². The number of thioether (sulfide) groups is 1. The second-order valence-electron chi connectivity index (χ2n) is 6.16. The molecular weight excluding hydrogens is 334 g/mol. The second-order valence-corrected chi connectivity index (χ2v) is 7.81. The predicted molar refractivity (Wildman–Crippen MR) is 101 cm³/mol. The molecule has 1 unspecified atom stereocenters. The van der Waals surface area contributed by atoms with Gasteiger partial charge in [0.15, 0.2) is 0 Å². The summed E-state index contributed by atoms with van der Waals surface area (Å²) in [6.07, 6.45) is 1.41. The third kappa shape index (κ3) is 3.93. The summed E-state index contributed by atoms with van der Waals surface area (Å²) in [7, 11) is 1.85. The van der Waals surface area contributed by atoms with Gasteiger partial charge in [-0.3, -0.25) is 9.99 Å². The molecule has 1 aromatic carbocycles. The number of benzene rings is 1. The SMILES string of the molecule is Cc1ncc(-c2ccc(SC(C)C)cc2)nc1C1OC(CN)=NN1C. The van der Waals surface area contributed by atoms with E-state index in [1.807, 2.05) is 25.7 Å². The van der Waals surface area contributed by atoms with E-state index in [2.05, 4.69) is 48.2 Å². The van der Waals surface area contributed by atoms with Gasteiger partial charge in [0.05, 0.1) is 24.1 Å². The topological polar surface area (TPSA) is 76.6 Å². The van der Waals surface area contributed by atoms with Gasteiger partial charge < -0.3 is 10.5 Å². The van der Waals surface area contributed by atoms with Crippen molar-refractivity contribution in [3.05, 3.63) is 41.9 Å². The molecule has 3 rings (SSSR count). The smallest absolute Gasteiger partial charge is 0.233 e. The lowest BCUT2D eigenvalue weighted by molar-refractivity contribution is 0.0716. The number of ether oxygens (including phenoxy) is 1. The van der Waals surface area contributed by atoms with E-state index in [9.17, 15) is 0 Å². The quantitative estimate of drug-likeness (QED) is 0.828. The second kappa shape index (κ2) is 7.41. The molecule has 1 aliphatic rings. The molecule has 1 atom stereocenters. The largest absolute Gasteiger partial charge is 0.447 e. The minimum atomic E-state index is -0.387. The third-order valence-corrected chi connectivity index (χ3v) is 4.79. The van der Waals surface area contributed by atoms with Crippen molar-refractivity contribution in [3.63, 3.8) is 0 Å². The first-order valence-electron chi connectivity index (χ1n) is 8.25. The minimum Gasteiger partial charge on any atom is -0.447 e. The van der Waals surface area contributed by atoms with Crippen LogP contribution >= 0.6 is 11.8 Å². The maximum Gasteiger partial charge on any atom is 0.233 e. The van der Waals surface area contributed by atoms with Crippen LogP contribution in [-0.4, -0.2) is 39.7 Å². The van der Waals surface area contributed by atoms with Gasteiger partial charge in [0.25, 0.3) is 0 Å².